The summed E-state index contributed by atoms with van der Waals surface area (Å²) in [4.78, 5) is 15.2. The summed E-state index contributed by atoms with van der Waals surface area (Å²) in [5, 5.41) is 0.259. The first kappa shape index (κ1) is 21.8. The molecule has 0 spiro atoms. The summed E-state index contributed by atoms with van der Waals surface area (Å²) < 4.78 is 24.5. The van der Waals surface area contributed by atoms with Crippen molar-refractivity contribution in [2.24, 2.45) is 0 Å². The Morgan fingerprint density at radius 2 is 1.72 bits per heavy atom. The van der Waals surface area contributed by atoms with Gasteiger partial charge in [-0.3, -0.25) is 4.79 Å². The molecule has 0 aliphatic carbocycles. The van der Waals surface area contributed by atoms with Crippen LogP contribution < -0.4 is 0 Å². The number of nitrogens with zero attached hydrogens (tertiary/aromatic N) is 1. The van der Waals surface area contributed by atoms with Crippen LogP contribution in [0.15, 0.2) is 53.4 Å². The van der Waals surface area contributed by atoms with E-state index in [0.717, 1.165) is 36.4 Å². The van der Waals surface area contributed by atoms with E-state index in [0.29, 0.717) is 17.4 Å². The third kappa shape index (κ3) is 5.40. The van der Waals surface area contributed by atoms with Gasteiger partial charge in [0.25, 0.3) is 0 Å². The highest BCUT2D eigenvalue weighted by atomic mass is 35.5. The summed E-state index contributed by atoms with van der Waals surface area (Å²) in [5.74, 6) is 0.405. The monoisotopic (exact) mass is 433 g/mol. The second-order valence-corrected chi connectivity index (χ2v) is 10.9. The number of carbonyl (C=O) groups excluding carboxylic acids is 1. The lowest BCUT2D eigenvalue weighted by molar-refractivity contribution is -0.130. The van der Waals surface area contributed by atoms with Gasteiger partial charge in [-0.25, -0.2) is 8.42 Å². The largest absolute Gasteiger partial charge is 0.342 e. The maximum Gasteiger partial charge on any atom is 0.227 e. The lowest BCUT2D eigenvalue weighted by atomic mass is 9.94. The molecule has 6 heteroatoms. The molecule has 1 amide bonds. The SMILES string of the molecule is CC(C)S(=O)(=O)c1ccc(CC(=O)N2CCCC[C@H](c3ccc(Cl)cc3)C2)cc1. The minimum Gasteiger partial charge on any atom is -0.342 e. The summed E-state index contributed by atoms with van der Waals surface area (Å²) in [6.07, 6.45) is 3.45. The third-order valence-electron chi connectivity index (χ3n) is 5.59. The number of likely N-dealkylation sites (tertiary alicyclic amines) is 1. The first-order chi connectivity index (χ1) is 13.8. The second kappa shape index (κ2) is 9.31. The van der Waals surface area contributed by atoms with E-state index in [1.165, 1.54) is 5.56 Å². The fraction of sp³-hybridized carbons (Fsp3) is 0.435. The van der Waals surface area contributed by atoms with Crippen LogP contribution in [0.4, 0.5) is 0 Å². The Morgan fingerprint density at radius 3 is 2.34 bits per heavy atom. The highest BCUT2D eigenvalue weighted by Crippen LogP contribution is 2.28. The first-order valence-corrected chi connectivity index (χ1v) is 12.1. The van der Waals surface area contributed by atoms with E-state index in [1.54, 1.807) is 38.1 Å². The zero-order valence-corrected chi connectivity index (χ0v) is 18.5. The Hall–Kier alpha value is -1.85. The van der Waals surface area contributed by atoms with Crippen LogP contribution >= 0.6 is 11.6 Å². The highest BCUT2D eigenvalue weighted by molar-refractivity contribution is 7.92. The molecule has 3 rings (SSSR count). The molecule has 0 aromatic heterocycles. The van der Waals surface area contributed by atoms with Crippen molar-refractivity contribution >= 4 is 27.3 Å². The minimum absolute atomic E-state index is 0.0883. The second-order valence-electron chi connectivity index (χ2n) is 8.00. The number of carbonyl (C=O) groups is 1. The Morgan fingerprint density at radius 1 is 1.07 bits per heavy atom. The van der Waals surface area contributed by atoms with Crippen LogP contribution in [-0.4, -0.2) is 37.6 Å². The number of hydrogen-bond acceptors (Lipinski definition) is 3. The van der Waals surface area contributed by atoms with E-state index >= 15 is 0 Å². The molecule has 156 valence electrons. The van der Waals surface area contributed by atoms with E-state index in [2.05, 4.69) is 12.1 Å². The summed E-state index contributed by atoms with van der Waals surface area (Å²) in [5.41, 5.74) is 2.06. The van der Waals surface area contributed by atoms with E-state index in [9.17, 15) is 13.2 Å². The van der Waals surface area contributed by atoms with Crippen molar-refractivity contribution in [2.75, 3.05) is 13.1 Å². The average Bonchev–Trinajstić information content (AvgIpc) is 2.95. The number of halogens is 1. The van der Waals surface area contributed by atoms with Gasteiger partial charge >= 0.3 is 0 Å². The van der Waals surface area contributed by atoms with Crippen LogP contribution in [0.3, 0.4) is 0 Å². The normalized spacial score (nSPS) is 17.9. The standard InChI is InChI=1S/C23H28ClNO3S/c1-17(2)29(27,28)22-12-6-18(7-13-22)15-23(26)25-14-4-3-5-20(16-25)19-8-10-21(24)11-9-19/h6-13,17,20H,3-5,14-16H2,1-2H3/t20-/m0/s1. The molecule has 1 atom stereocenters. The number of amides is 1. The lowest BCUT2D eigenvalue weighted by Gasteiger charge is -2.25. The molecule has 1 saturated heterocycles. The van der Waals surface area contributed by atoms with Crippen molar-refractivity contribution in [2.45, 2.75) is 55.6 Å². The quantitative estimate of drug-likeness (QED) is 0.676. The van der Waals surface area contributed by atoms with Crippen molar-refractivity contribution in [3.63, 3.8) is 0 Å². The van der Waals surface area contributed by atoms with Crippen LogP contribution in [-0.2, 0) is 21.1 Å². The summed E-state index contributed by atoms with van der Waals surface area (Å²) in [6, 6.07) is 14.6. The molecule has 0 N–H and O–H groups in total. The molecule has 0 bridgehead atoms. The van der Waals surface area contributed by atoms with Gasteiger partial charge in [-0.2, -0.15) is 0 Å². The van der Waals surface area contributed by atoms with Crippen LogP contribution in [0.2, 0.25) is 5.02 Å². The van der Waals surface area contributed by atoms with Crippen LogP contribution in [0.25, 0.3) is 0 Å². The molecule has 1 fully saturated rings. The molecule has 2 aromatic carbocycles. The van der Waals surface area contributed by atoms with Gasteiger partial charge in [-0.15, -0.1) is 0 Å². The van der Waals surface area contributed by atoms with Crippen LogP contribution in [0.5, 0.6) is 0 Å². The maximum absolute atomic E-state index is 12.9. The van der Waals surface area contributed by atoms with Gasteiger partial charge in [-0.05, 0) is 62.1 Å². The smallest absolute Gasteiger partial charge is 0.227 e. The Bertz CT molecular complexity index is 937. The molecule has 0 saturated carbocycles. The molecule has 2 aromatic rings. The van der Waals surface area contributed by atoms with Gasteiger partial charge in [0.05, 0.1) is 16.6 Å². The van der Waals surface area contributed by atoms with Gasteiger partial charge < -0.3 is 4.90 Å². The molecule has 1 heterocycles. The lowest BCUT2D eigenvalue weighted by Crippen LogP contribution is -2.35. The number of benzene rings is 2. The molecular weight excluding hydrogens is 406 g/mol. The average molecular weight is 434 g/mol. The third-order valence-corrected chi connectivity index (χ3v) is 8.02. The summed E-state index contributed by atoms with van der Waals surface area (Å²) in [6.45, 7) is 4.81. The molecular formula is C23H28ClNO3S. The molecule has 1 aliphatic heterocycles. The molecule has 29 heavy (non-hydrogen) atoms. The van der Waals surface area contributed by atoms with Crippen molar-refractivity contribution in [3.8, 4) is 0 Å². The van der Waals surface area contributed by atoms with Crippen molar-refractivity contribution in [1.29, 1.82) is 0 Å². The predicted octanol–water partition coefficient (Wildman–Crippen LogP) is 4.86. The van der Waals surface area contributed by atoms with Crippen LogP contribution in [0, 0.1) is 0 Å². The van der Waals surface area contributed by atoms with Gasteiger partial charge in [0, 0.05) is 24.0 Å². The van der Waals surface area contributed by atoms with Crippen LogP contribution in [0.1, 0.15) is 50.2 Å². The Labute approximate surface area is 178 Å². The zero-order valence-electron chi connectivity index (χ0n) is 17.0. The highest BCUT2D eigenvalue weighted by Gasteiger charge is 2.24. The topological polar surface area (TPSA) is 54.5 Å². The number of rotatable bonds is 5. The van der Waals surface area contributed by atoms with Gasteiger partial charge in [0.15, 0.2) is 9.84 Å². The van der Waals surface area contributed by atoms with E-state index in [-0.39, 0.29) is 12.3 Å². The molecule has 1 aliphatic rings. The first-order valence-electron chi connectivity index (χ1n) is 10.1. The molecule has 0 unspecified atom stereocenters. The van der Waals surface area contributed by atoms with Gasteiger partial charge in [-0.1, -0.05) is 42.3 Å². The Balaban J connectivity index is 1.68. The van der Waals surface area contributed by atoms with E-state index in [1.807, 2.05) is 17.0 Å². The molecule has 4 nitrogen and oxygen atoms in total. The fourth-order valence-corrected chi connectivity index (χ4v) is 4.92. The van der Waals surface area contributed by atoms with Crippen molar-refractivity contribution < 1.29 is 13.2 Å². The number of hydrogen-bond donors (Lipinski definition) is 0. The summed E-state index contributed by atoms with van der Waals surface area (Å²) in [7, 11) is -3.29. The number of sulfone groups is 1. The van der Waals surface area contributed by atoms with E-state index in [4.69, 9.17) is 11.6 Å². The zero-order chi connectivity index (χ0) is 21.0. The minimum atomic E-state index is -3.29. The van der Waals surface area contributed by atoms with Crippen molar-refractivity contribution in [1.82, 2.24) is 4.90 Å². The summed E-state index contributed by atoms with van der Waals surface area (Å²) >= 11 is 6.01. The fourth-order valence-electron chi connectivity index (χ4n) is 3.73. The predicted molar refractivity (Wildman–Crippen MR) is 117 cm³/mol. The maximum atomic E-state index is 12.9. The van der Waals surface area contributed by atoms with Gasteiger partial charge in [0.1, 0.15) is 0 Å². The molecule has 0 radical (unpaired) electrons. The van der Waals surface area contributed by atoms with E-state index < -0.39 is 15.1 Å². The van der Waals surface area contributed by atoms with Gasteiger partial charge in [0.2, 0.25) is 5.91 Å². The Kier molecular flexibility index (Phi) is 7.01. The van der Waals surface area contributed by atoms with Crippen molar-refractivity contribution in [3.05, 3.63) is 64.7 Å².